The minimum atomic E-state index is -0.851. The fourth-order valence-corrected chi connectivity index (χ4v) is 6.01. The topological polar surface area (TPSA) is 37.2 Å². The Bertz CT molecular complexity index is 1160. The zero-order valence-electron chi connectivity index (χ0n) is 20.2. The molecule has 184 valence electrons. The molecular formula is C28H33F2N5. The lowest BCUT2D eigenvalue weighted by molar-refractivity contribution is 0.160. The maximum Gasteiger partial charge on any atom is 0.164 e. The summed E-state index contributed by atoms with van der Waals surface area (Å²) in [5.41, 5.74) is 3.50. The first kappa shape index (κ1) is 22.8. The molecule has 0 spiro atoms. The summed E-state index contributed by atoms with van der Waals surface area (Å²) < 4.78 is 29.2. The molecule has 1 saturated heterocycles. The lowest BCUT2D eigenvalue weighted by Gasteiger charge is -2.38. The van der Waals surface area contributed by atoms with E-state index < -0.39 is 11.6 Å². The number of benzene rings is 2. The highest BCUT2D eigenvalue weighted by Crippen LogP contribution is 2.42. The molecule has 5 nitrogen and oxygen atoms in total. The quantitative estimate of drug-likeness (QED) is 0.508. The Morgan fingerprint density at radius 3 is 2.37 bits per heavy atom. The highest BCUT2D eigenvalue weighted by molar-refractivity contribution is 5.55. The molecule has 0 unspecified atom stereocenters. The molecule has 35 heavy (non-hydrogen) atoms. The average Bonchev–Trinajstić information content (AvgIpc) is 3.45. The number of nitrogens with zero attached hydrogens (tertiary/aromatic N) is 5. The summed E-state index contributed by atoms with van der Waals surface area (Å²) >= 11 is 0. The second-order valence-corrected chi connectivity index (χ2v) is 10.5. The van der Waals surface area contributed by atoms with E-state index >= 15 is 0 Å². The average molecular weight is 478 g/mol. The molecule has 0 N–H and O–H groups in total. The second kappa shape index (κ2) is 9.78. The summed E-state index contributed by atoms with van der Waals surface area (Å²) in [5.74, 6) is 1.28. The van der Waals surface area contributed by atoms with Crippen molar-refractivity contribution in [3.8, 4) is 11.4 Å². The van der Waals surface area contributed by atoms with E-state index in [9.17, 15) is 8.78 Å². The number of aromatic nitrogens is 3. The van der Waals surface area contributed by atoms with Gasteiger partial charge < -0.3 is 9.47 Å². The van der Waals surface area contributed by atoms with Gasteiger partial charge in [-0.25, -0.2) is 8.78 Å². The van der Waals surface area contributed by atoms with Crippen molar-refractivity contribution in [2.75, 3.05) is 32.7 Å². The number of hydrogen-bond donors (Lipinski definition) is 0. The summed E-state index contributed by atoms with van der Waals surface area (Å²) in [6.07, 6.45) is 6.02. The third-order valence-corrected chi connectivity index (χ3v) is 8.10. The summed E-state index contributed by atoms with van der Waals surface area (Å²) in [7, 11) is 0. The Kier molecular flexibility index (Phi) is 6.37. The number of hydrogen-bond acceptors (Lipinski definition) is 4. The third-order valence-electron chi connectivity index (χ3n) is 8.10. The van der Waals surface area contributed by atoms with Crippen LogP contribution in [0.15, 0.2) is 42.5 Å². The molecule has 7 heteroatoms. The minimum Gasteiger partial charge on any atom is -0.310 e. The van der Waals surface area contributed by atoms with Crippen molar-refractivity contribution in [1.82, 2.24) is 24.6 Å². The smallest absolute Gasteiger partial charge is 0.164 e. The molecular weight excluding hydrogens is 444 g/mol. The van der Waals surface area contributed by atoms with Crippen LogP contribution >= 0.6 is 0 Å². The van der Waals surface area contributed by atoms with Gasteiger partial charge in [-0.2, -0.15) is 0 Å². The van der Waals surface area contributed by atoms with E-state index in [4.69, 9.17) is 0 Å². The van der Waals surface area contributed by atoms with Crippen LogP contribution in [0.3, 0.4) is 0 Å². The molecule has 3 heterocycles. The molecule has 1 aromatic heterocycles. The van der Waals surface area contributed by atoms with E-state index in [-0.39, 0.29) is 0 Å². The largest absolute Gasteiger partial charge is 0.310 e. The molecule has 0 radical (unpaired) electrons. The van der Waals surface area contributed by atoms with Crippen LogP contribution in [0.5, 0.6) is 0 Å². The number of halogens is 2. The molecule has 6 rings (SSSR count). The van der Waals surface area contributed by atoms with Crippen molar-refractivity contribution in [3.63, 3.8) is 0 Å². The highest BCUT2D eigenvalue weighted by Gasteiger charge is 2.32. The van der Waals surface area contributed by atoms with E-state index in [1.807, 2.05) is 0 Å². The van der Waals surface area contributed by atoms with Crippen molar-refractivity contribution in [2.24, 2.45) is 5.92 Å². The Morgan fingerprint density at radius 2 is 1.60 bits per heavy atom. The molecule has 0 amide bonds. The predicted octanol–water partition coefficient (Wildman–Crippen LogP) is 4.87. The first-order chi connectivity index (χ1) is 17.1. The monoisotopic (exact) mass is 477 g/mol. The van der Waals surface area contributed by atoms with Crippen LogP contribution in [0.2, 0.25) is 0 Å². The van der Waals surface area contributed by atoms with Gasteiger partial charge in [-0.05, 0) is 79.9 Å². The van der Waals surface area contributed by atoms with Gasteiger partial charge in [0, 0.05) is 44.7 Å². The van der Waals surface area contributed by atoms with Crippen LogP contribution in [-0.2, 0) is 19.5 Å². The lowest BCUT2D eigenvalue weighted by Crippen LogP contribution is -2.37. The van der Waals surface area contributed by atoms with Gasteiger partial charge in [0.15, 0.2) is 17.5 Å². The molecule has 0 bridgehead atoms. The predicted molar refractivity (Wildman–Crippen MR) is 132 cm³/mol. The third kappa shape index (κ3) is 4.89. The first-order valence-electron chi connectivity index (χ1n) is 13.0. The van der Waals surface area contributed by atoms with Gasteiger partial charge in [0.1, 0.15) is 5.82 Å². The van der Waals surface area contributed by atoms with Crippen LogP contribution in [-0.4, -0.2) is 57.3 Å². The van der Waals surface area contributed by atoms with Gasteiger partial charge in [-0.3, -0.25) is 4.90 Å². The summed E-state index contributed by atoms with van der Waals surface area (Å²) in [4.78, 5) is 5.09. The van der Waals surface area contributed by atoms with Crippen molar-refractivity contribution >= 4 is 0 Å². The SMILES string of the molecule is Fc1ccc(-c2nnc3n2CCN(CC2CC(c4ccc(CN5CCCC5)cc4)C2)CC3)cc1F. The highest BCUT2D eigenvalue weighted by atomic mass is 19.2. The molecule has 2 fully saturated rings. The fraction of sp³-hybridized carbons (Fsp3) is 0.500. The molecule has 2 aliphatic heterocycles. The van der Waals surface area contributed by atoms with Gasteiger partial charge in [0.05, 0.1) is 0 Å². The van der Waals surface area contributed by atoms with Crippen LogP contribution in [0, 0.1) is 17.6 Å². The van der Waals surface area contributed by atoms with E-state index in [2.05, 4.69) is 48.8 Å². The Morgan fingerprint density at radius 1 is 0.800 bits per heavy atom. The van der Waals surface area contributed by atoms with Crippen LogP contribution in [0.4, 0.5) is 8.78 Å². The summed E-state index contributed by atoms with van der Waals surface area (Å²) in [6, 6.07) is 13.3. The maximum absolute atomic E-state index is 13.7. The normalized spacial score (nSPS) is 23.1. The maximum atomic E-state index is 13.7. The molecule has 1 saturated carbocycles. The minimum absolute atomic E-state index is 0.574. The van der Waals surface area contributed by atoms with E-state index in [1.165, 1.54) is 56.0 Å². The standard InChI is InChI=1S/C28H33F2N5/c29-25-8-7-23(17-26(25)30)28-32-31-27-9-12-34(13-14-35(27)28)19-21-15-24(16-21)22-5-3-20(4-6-22)18-33-10-1-2-11-33/h3-8,17,21,24H,1-2,9-16,18-19H2. The zero-order chi connectivity index (χ0) is 23.8. The van der Waals surface area contributed by atoms with Crippen molar-refractivity contribution < 1.29 is 8.78 Å². The summed E-state index contributed by atoms with van der Waals surface area (Å²) in [5, 5.41) is 8.63. The van der Waals surface area contributed by atoms with Gasteiger partial charge in [0.2, 0.25) is 0 Å². The molecule has 1 aliphatic carbocycles. The van der Waals surface area contributed by atoms with E-state index in [0.29, 0.717) is 17.3 Å². The van der Waals surface area contributed by atoms with E-state index in [0.717, 1.165) is 57.0 Å². The molecule has 3 aliphatic rings. The zero-order valence-corrected chi connectivity index (χ0v) is 20.2. The first-order valence-corrected chi connectivity index (χ1v) is 13.0. The van der Waals surface area contributed by atoms with Crippen molar-refractivity contribution in [2.45, 2.75) is 51.1 Å². The molecule has 2 aromatic carbocycles. The Hall–Kier alpha value is -2.64. The van der Waals surface area contributed by atoms with E-state index in [1.54, 1.807) is 6.07 Å². The molecule has 0 atom stereocenters. The van der Waals surface area contributed by atoms with Crippen LogP contribution in [0.25, 0.3) is 11.4 Å². The van der Waals surface area contributed by atoms with Gasteiger partial charge >= 0.3 is 0 Å². The fourth-order valence-electron chi connectivity index (χ4n) is 6.01. The summed E-state index contributed by atoms with van der Waals surface area (Å²) in [6.45, 7) is 7.34. The molecule has 3 aromatic rings. The van der Waals surface area contributed by atoms with Gasteiger partial charge in [-0.1, -0.05) is 24.3 Å². The van der Waals surface area contributed by atoms with Crippen LogP contribution in [0.1, 0.15) is 48.6 Å². The van der Waals surface area contributed by atoms with Crippen LogP contribution < -0.4 is 0 Å². The van der Waals surface area contributed by atoms with Crippen molar-refractivity contribution in [3.05, 3.63) is 71.1 Å². The second-order valence-electron chi connectivity index (χ2n) is 10.5. The van der Waals surface area contributed by atoms with Gasteiger partial charge in [-0.15, -0.1) is 10.2 Å². The Balaban J connectivity index is 1.01. The van der Waals surface area contributed by atoms with Gasteiger partial charge in [0.25, 0.3) is 0 Å². The number of likely N-dealkylation sites (tertiary alicyclic amines) is 1. The number of fused-ring (bicyclic) bond motifs is 1. The Labute approximate surface area is 205 Å². The lowest BCUT2D eigenvalue weighted by atomic mass is 9.71. The van der Waals surface area contributed by atoms with Crippen molar-refractivity contribution in [1.29, 1.82) is 0 Å². The number of rotatable bonds is 6.